The second-order valence-corrected chi connectivity index (χ2v) is 7.81. The Hall–Kier alpha value is -2.16. The van der Waals surface area contributed by atoms with Crippen LogP contribution >= 0.6 is 12.4 Å². The topological polar surface area (TPSA) is 78.5 Å². The van der Waals surface area contributed by atoms with E-state index in [2.05, 4.69) is 10.0 Å². The molecule has 146 valence electrons. The Morgan fingerprint density at radius 3 is 2.37 bits per heavy atom. The molecule has 1 amide bonds. The Morgan fingerprint density at radius 1 is 1.11 bits per heavy atom. The van der Waals surface area contributed by atoms with Gasteiger partial charge in [-0.05, 0) is 48.9 Å². The van der Waals surface area contributed by atoms with Gasteiger partial charge in [-0.3, -0.25) is 9.52 Å². The monoisotopic (exact) mass is 413 g/mol. The first-order chi connectivity index (χ1) is 12.4. The third-order valence-electron chi connectivity index (χ3n) is 4.25. The molecule has 3 rings (SSSR count). The first kappa shape index (κ1) is 21.1. The van der Waals surface area contributed by atoms with E-state index < -0.39 is 15.8 Å². The lowest BCUT2D eigenvalue weighted by Crippen LogP contribution is -2.46. The Kier molecular flexibility index (Phi) is 6.80. The number of aryl methyl sites for hydroxylation is 1. The lowest BCUT2D eigenvalue weighted by molar-refractivity contribution is 0.0735. The van der Waals surface area contributed by atoms with E-state index in [0.717, 1.165) is 13.1 Å². The zero-order chi connectivity index (χ0) is 18.7. The van der Waals surface area contributed by atoms with E-state index in [4.69, 9.17) is 0 Å². The number of benzene rings is 2. The molecule has 0 spiro atoms. The van der Waals surface area contributed by atoms with Gasteiger partial charge in [0, 0.05) is 37.4 Å². The van der Waals surface area contributed by atoms with Crippen molar-refractivity contribution in [2.45, 2.75) is 11.8 Å². The van der Waals surface area contributed by atoms with E-state index in [1.54, 1.807) is 17.9 Å². The second-order valence-electron chi connectivity index (χ2n) is 6.13. The smallest absolute Gasteiger partial charge is 0.261 e. The molecular formula is C18H21ClFN3O3S. The van der Waals surface area contributed by atoms with Crippen LogP contribution in [0.15, 0.2) is 47.4 Å². The fraction of sp³-hybridized carbons (Fsp3) is 0.278. The molecule has 2 aromatic carbocycles. The average Bonchev–Trinajstić information content (AvgIpc) is 2.64. The van der Waals surface area contributed by atoms with Gasteiger partial charge in [0.05, 0.1) is 4.90 Å². The van der Waals surface area contributed by atoms with Crippen molar-refractivity contribution in [2.75, 3.05) is 30.9 Å². The first-order valence-corrected chi connectivity index (χ1v) is 9.74. The molecule has 0 aromatic heterocycles. The van der Waals surface area contributed by atoms with Crippen LogP contribution < -0.4 is 10.0 Å². The molecule has 0 radical (unpaired) electrons. The van der Waals surface area contributed by atoms with Gasteiger partial charge in [0.2, 0.25) is 0 Å². The van der Waals surface area contributed by atoms with Gasteiger partial charge < -0.3 is 10.2 Å². The molecular weight excluding hydrogens is 393 g/mol. The molecule has 1 aliphatic rings. The molecule has 1 aliphatic heterocycles. The molecule has 6 nitrogen and oxygen atoms in total. The van der Waals surface area contributed by atoms with Crippen molar-refractivity contribution in [1.29, 1.82) is 0 Å². The summed E-state index contributed by atoms with van der Waals surface area (Å²) < 4.78 is 40.6. The highest BCUT2D eigenvalue weighted by molar-refractivity contribution is 7.92. The summed E-state index contributed by atoms with van der Waals surface area (Å²) in [6.07, 6.45) is 0. The zero-order valence-corrected chi connectivity index (χ0v) is 16.4. The third kappa shape index (κ3) is 4.97. The number of hydrogen-bond donors (Lipinski definition) is 2. The number of hydrogen-bond acceptors (Lipinski definition) is 4. The fourth-order valence-electron chi connectivity index (χ4n) is 2.77. The Bertz CT molecular complexity index is 914. The Balaban J connectivity index is 0.00000261. The minimum Gasteiger partial charge on any atom is -0.336 e. The molecule has 0 aliphatic carbocycles. The van der Waals surface area contributed by atoms with E-state index in [9.17, 15) is 17.6 Å². The van der Waals surface area contributed by atoms with Gasteiger partial charge in [-0.1, -0.05) is 6.07 Å². The van der Waals surface area contributed by atoms with Gasteiger partial charge in [0.15, 0.2) is 0 Å². The molecule has 2 aromatic rings. The van der Waals surface area contributed by atoms with Crippen LogP contribution in [0.3, 0.4) is 0 Å². The van der Waals surface area contributed by atoms with Crippen molar-refractivity contribution in [3.05, 3.63) is 59.4 Å². The molecule has 0 atom stereocenters. The Morgan fingerprint density at radius 2 is 1.74 bits per heavy atom. The van der Waals surface area contributed by atoms with E-state index >= 15 is 0 Å². The maximum Gasteiger partial charge on any atom is 0.261 e. The molecule has 1 heterocycles. The van der Waals surface area contributed by atoms with Gasteiger partial charge >= 0.3 is 0 Å². The molecule has 1 saturated heterocycles. The lowest BCUT2D eigenvalue weighted by atomic mass is 10.1. The lowest BCUT2D eigenvalue weighted by Gasteiger charge is -2.28. The predicted octanol–water partition coefficient (Wildman–Crippen LogP) is 2.40. The molecule has 2 N–H and O–H groups in total. The summed E-state index contributed by atoms with van der Waals surface area (Å²) in [6, 6.07) is 9.50. The van der Waals surface area contributed by atoms with Crippen molar-refractivity contribution in [3.63, 3.8) is 0 Å². The highest BCUT2D eigenvalue weighted by Crippen LogP contribution is 2.21. The van der Waals surface area contributed by atoms with Crippen molar-refractivity contribution < 1.29 is 17.6 Å². The largest absolute Gasteiger partial charge is 0.336 e. The van der Waals surface area contributed by atoms with E-state index in [1.165, 1.54) is 36.4 Å². The summed E-state index contributed by atoms with van der Waals surface area (Å²) in [7, 11) is -3.89. The summed E-state index contributed by atoms with van der Waals surface area (Å²) in [6.45, 7) is 4.38. The van der Waals surface area contributed by atoms with Crippen molar-refractivity contribution in [1.82, 2.24) is 10.2 Å². The maximum atomic E-state index is 13.0. The van der Waals surface area contributed by atoms with Crippen molar-refractivity contribution in [3.8, 4) is 0 Å². The summed E-state index contributed by atoms with van der Waals surface area (Å²) in [5.41, 5.74) is 1.34. The predicted molar refractivity (Wildman–Crippen MR) is 104 cm³/mol. The zero-order valence-electron chi connectivity index (χ0n) is 14.7. The molecule has 27 heavy (non-hydrogen) atoms. The van der Waals surface area contributed by atoms with Gasteiger partial charge in [-0.25, -0.2) is 12.8 Å². The quantitative estimate of drug-likeness (QED) is 0.806. The van der Waals surface area contributed by atoms with Crippen LogP contribution in [0.1, 0.15) is 15.9 Å². The van der Waals surface area contributed by atoms with Crippen LogP contribution in [0.4, 0.5) is 10.1 Å². The second kappa shape index (κ2) is 8.69. The number of carbonyl (C=O) groups excluding carboxylic acids is 1. The van der Waals surface area contributed by atoms with E-state index in [1.807, 2.05) is 0 Å². The molecule has 0 saturated carbocycles. The summed E-state index contributed by atoms with van der Waals surface area (Å²) in [4.78, 5) is 14.4. The Labute approximate surface area is 164 Å². The van der Waals surface area contributed by atoms with Crippen molar-refractivity contribution in [2.24, 2.45) is 0 Å². The molecule has 1 fully saturated rings. The number of sulfonamides is 1. The first-order valence-electron chi connectivity index (χ1n) is 8.26. The molecule has 0 unspecified atom stereocenters. The van der Waals surface area contributed by atoms with E-state index in [-0.39, 0.29) is 28.9 Å². The van der Waals surface area contributed by atoms with Crippen LogP contribution in [0, 0.1) is 12.7 Å². The van der Waals surface area contributed by atoms with Crippen LogP contribution in [0.5, 0.6) is 0 Å². The van der Waals surface area contributed by atoms with Crippen LogP contribution in [0.25, 0.3) is 0 Å². The van der Waals surface area contributed by atoms with E-state index in [0.29, 0.717) is 24.2 Å². The van der Waals surface area contributed by atoms with Gasteiger partial charge in [-0.15, -0.1) is 12.4 Å². The highest BCUT2D eigenvalue weighted by atomic mass is 35.5. The number of nitrogens with zero attached hydrogens (tertiary/aromatic N) is 1. The molecule has 9 heteroatoms. The van der Waals surface area contributed by atoms with Gasteiger partial charge in [0.1, 0.15) is 5.82 Å². The number of carbonyl (C=O) groups is 1. The number of piperazine rings is 1. The average molecular weight is 414 g/mol. The minimum absolute atomic E-state index is 0. The number of nitrogens with one attached hydrogen (secondary N) is 2. The standard InChI is InChI=1S/C18H20FN3O3S.ClH/c1-13-2-7-16(12-17(13)18(23)22-10-8-20-9-11-22)26(24,25)21-15-5-3-14(19)4-6-15;/h2-7,12,20-21H,8-11H2,1H3;1H. The normalized spacial score (nSPS) is 14.4. The summed E-state index contributed by atoms with van der Waals surface area (Å²) >= 11 is 0. The highest BCUT2D eigenvalue weighted by Gasteiger charge is 2.22. The van der Waals surface area contributed by atoms with Gasteiger partial charge in [0.25, 0.3) is 15.9 Å². The number of rotatable bonds is 4. The number of halogens is 2. The summed E-state index contributed by atoms with van der Waals surface area (Å²) in [5, 5.41) is 3.18. The van der Waals surface area contributed by atoms with Crippen LogP contribution in [-0.4, -0.2) is 45.4 Å². The summed E-state index contributed by atoms with van der Waals surface area (Å²) in [5.74, 6) is -0.630. The number of anilines is 1. The van der Waals surface area contributed by atoms with Gasteiger partial charge in [-0.2, -0.15) is 0 Å². The molecule has 0 bridgehead atoms. The SMILES string of the molecule is Cc1ccc(S(=O)(=O)Nc2ccc(F)cc2)cc1C(=O)N1CCNCC1.Cl. The maximum absolute atomic E-state index is 13.0. The minimum atomic E-state index is -3.89. The van der Waals surface area contributed by atoms with Crippen molar-refractivity contribution >= 4 is 34.0 Å². The number of amides is 1. The fourth-order valence-corrected chi connectivity index (χ4v) is 3.85. The van der Waals surface area contributed by atoms with Crippen LogP contribution in [-0.2, 0) is 10.0 Å². The van der Waals surface area contributed by atoms with Crippen LogP contribution in [0.2, 0.25) is 0 Å². The third-order valence-corrected chi connectivity index (χ3v) is 5.63.